The summed E-state index contributed by atoms with van der Waals surface area (Å²) in [6.07, 6.45) is 5.96. The van der Waals surface area contributed by atoms with Crippen LogP contribution >= 0.6 is 15.9 Å². The number of esters is 1. The maximum atomic E-state index is 10.9. The molecule has 0 fully saturated rings. The quantitative estimate of drug-likeness (QED) is 0.351. The van der Waals surface area contributed by atoms with Gasteiger partial charge in [-0.05, 0) is 19.8 Å². The van der Waals surface area contributed by atoms with Gasteiger partial charge in [-0.25, -0.2) is 4.79 Å². The Morgan fingerprint density at radius 2 is 1.80 bits per heavy atom. The van der Waals surface area contributed by atoms with Crippen molar-refractivity contribution in [1.29, 1.82) is 0 Å². The zero-order chi connectivity index (χ0) is 11.4. The second-order valence-corrected chi connectivity index (χ2v) is 4.11. The number of halogens is 1. The van der Waals surface area contributed by atoms with Crippen molar-refractivity contribution in [1.82, 2.24) is 0 Å². The van der Waals surface area contributed by atoms with Gasteiger partial charge in [-0.15, -0.1) is 0 Å². The molecule has 0 radical (unpaired) electrons. The highest BCUT2D eigenvalue weighted by molar-refractivity contribution is 9.09. The molecule has 15 heavy (non-hydrogen) atoms. The molecule has 0 aliphatic heterocycles. The van der Waals surface area contributed by atoms with E-state index in [0.717, 1.165) is 11.8 Å². The Bertz CT molecular complexity index is 151. The van der Waals surface area contributed by atoms with Crippen LogP contribution in [-0.4, -0.2) is 31.1 Å². The fraction of sp³-hybridized carbons (Fsp3) is 0.909. The lowest BCUT2D eigenvalue weighted by atomic mass is 10.2. The van der Waals surface area contributed by atoms with Crippen LogP contribution in [0, 0.1) is 0 Å². The van der Waals surface area contributed by atoms with Crippen LogP contribution in [0.1, 0.15) is 39.0 Å². The third-order valence-electron chi connectivity index (χ3n) is 1.95. The van der Waals surface area contributed by atoms with E-state index in [1.54, 1.807) is 6.92 Å². The van der Waals surface area contributed by atoms with Crippen LogP contribution in [-0.2, 0) is 14.3 Å². The van der Waals surface area contributed by atoms with E-state index in [4.69, 9.17) is 9.47 Å². The van der Waals surface area contributed by atoms with Gasteiger partial charge in [-0.1, -0.05) is 35.2 Å². The highest BCUT2D eigenvalue weighted by atomic mass is 79.9. The van der Waals surface area contributed by atoms with Crippen molar-refractivity contribution in [2.24, 2.45) is 0 Å². The van der Waals surface area contributed by atoms with Gasteiger partial charge in [-0.3, -0.25) is 0 Å². The zero-order valence-electron chi connectivity index (χ0n) is 9.47. The third kappa shape index (κ3) is 11.8. The molecule has 0 rings (SSSR count). The van der Waals surface area contributed by atoms with Gasteiger partial charge >= 0.3 is 5.97 Å². The number of carbonyl (C=O) groups is 1. The lowest BCUT2D eigenvalue weighted by Crippen LogP contribution is -2.12. The smallest absolute Gasteiger partial charge is 0.332 e. The normalized spacial score (nSPS) is 10.3. The van der Waals surface area contributed by atoms with Crippen molar-refractivity contribution in [2.75, 3.05) is 25.2 Å². The van der Waals surface area contributed by atoms with E-state index < -0.39 is 0 Å². The highest BCUT2D eigenvalue weighted by Gasteiger charge is 2.00. The van der Waals surface area contributed by atoms with Crippen LogP contribution < -0.4 is 0 Å². The molecule has 0 aliphatic rings. The Hall–Kier alpha value is -0.0900. The Balaban J connectivity index is 3.01. The number of ether oxygens (including phenoxy) is 2. The first-order valence-electron chi connectivity index (χ1n) is 5.60. The fourth-order valence-corrected chi connectivity index (χ4v) is 1.58. The summed E-state index contributed by atoms with van der Waals surface area (Å²) >= 11 is 3.40. The molecule has 0 atom stereocenters. The molecule has 90 valence electrons. The summed E-state index contributed by atoms with van der Waals surface area (Å²) in [5.41, 5.74) is 0. The van der Waals surface area contributed by atoms with Crippen molar-refractivity contribution < 1.29 is 14.3 Å². The Morgan fingerprint density at radius 3 is 2.47 bits per heavy atom. The van der Waals surface area contributed by atoms with Crippen molar-refractivity contribution in [3.63, 3.8) is 0 Å². The van der Waals surface area contributed by atoms with E-state index in [9.17, 15) is 4.79 Å². The minimum absolute atomic E-state index is 0.0925. The van der Waals surface area contributed by atoms with E-state index in [0.29, 0.717) is 13.2 Å². The first-order chi connectivity index (χ1) is 7.31. The number of unbranched alkanes of at least 4 members (excludes halogenated alkanes) is 4. The first-order valence-corrected chi connectivity index (χ1v) is 6.72. The summed E-state index contributed by atoms with van der Waals surface area (Å²) in [5, 5.41) is 1.09. The van der Waals surface area contributed by atoms with Gasteiger partial charge < -0.3 is 9.47 Å². The van der Waals surface area contributed by atoms with E-state index in [1.807, 2.05) is 0 Å². The second kappa shape index (κ2) is 12.0. The van der Waals surface area contributed by atoms with E-state index >= 15 is 0 Å². The van der Waals surface area contributed by atoms with E-state index in [-0.39, 0.29) is 12.6 Å². The van der Waals surface area contributed by atoms with Gasteiger partial charge in [0.1, 0.15) is 6.61 Å². The summed E-state index contributed by atoms with van der Waals surface area (Å²) in [6.45, 7) is 2.97. The monoisotopic (exact) mass is 280 g/mol. The molecule has 0 N–H and O–H groups in total. The van der Waals surface area contributed by atoms with E-state index in [1.165, 1.54) is 25.7 Å². The predicted molar refractivity (Wildman–Crippen MR) is 64.3 cm³/mol. The molecule has 0 spiro atoms. The Morgan fingerprint density at radius 1 is 1.13 bits per heavy atom. The lowest BCUT2D eigenvalue weighted by molar-refractivity contribution is -0.148. The van der Waals surface area contributed by atoms with Gasteiger partial charge in [0.05, 0.1) is 6.61 Å². The summed E-state index contributed by atoms with van der Waals surface area (Å²) in [4.78, 5) is 10.9. The zero-order valence-corrected chi connectivity index (χ0v) is 11.1. The van der Waals surface area contributed by atoms with Crippen LogP contribution in [0.3, 0.4) is 0 Å². The molecule has 0 aromatic carbocycles. The van der Waals surface area contributed by atoms with Crippen molar-refractivity contribution in [2.45, 2.75) is 39.0 Å². The summed E-state index contributed by atoms with van der Waals surface area (Å²) < 4.78 is 9.90. The average Bonchev–Trinajstić information content (AvgIpc) is 2.22. The number of hydrogen-bond donors (Lipinski definition) is 0. The summed E-state index contributed by atoms with van der Waals surface area (Å²) in [7, 11) is 0. The highest BCUT2D eigenvalue weighted by Crippen LogP contribution is 2.04. The van der Waals surface area contributed by atoms with Crippen LogP contribution in [0.2, 0.25) is 0 Å². The first kappa shape index (κ1) is 14.9. The molecule has 4 heteroatoms. The molecule has 0 saturated heterocycles. The van der Waals surface area contributed by atoms with Gasteiger partial charge in [0.25, 0.3) is 0 Å². The molecule has 0 unspecified atom stereocenters. The molecule has 0 aliphatic carbocycles. The maximum absolute atomic E-state index is 10.9. The van der Waals surface area contributed by atoms with Crippen molar-refractivity contribution in [3.05, 3.63) is 0 Å². The largest absolute Gasteiger partial charge is 0.464 e. The molecule has 0 aromatic heterocycles. The number of rotatable bonds is 10. The van der Waals surface area contributed by atoms with Gasteiger partial charge in [0.15, 0.2) is 0 Å². The number of hydrogen-bond acceptors (Lipinski definition) is 3. The standard InChI is InChI=1S/C11H21BrO3/c1-2-15-11(13)10-14-9-7-5-3-4-6-8-12/h2-10H2,1H3. The van der Waals surface area contributed by atoms with Crippen LogP contribution in [0.5, 0.6) is 0 Å². The number of alkyl halides is 1. The SMILES string of the molecule is CCOC(=O)COCCCCCCCBr. The van der Waals surface area contributed by atoms with E-state index in [2.05, 4.69) is 15.9 Å². The predicted octanol–water partition coefficient (Wildman–Crippen LogP) is 2.91. The number of carbonyl (C=O) groups excluding carboxylic acids is 1. The minimum atomic E-state index is -0.267. The van der Waals surface area contributed by atoms with Gasteiger partial charge in [0, 0.05) is 11.9 Å². The topological polar surface area (TPSA) is 35.5 Å². The fourth-order valence-electron chi connectivity index (χ4n) is 1.19. The van der Waals surface area contributed by atoms with Crippen molar-refractivity contribution in [3.8, 4) is 0 Å². The molecule has 0 saturated carbocycles. The molecular weight excluding hydrogens is 260 g/mol. The Kier molecular flexibility index (Phi) is 11.9. The molecule has 0 heterocycles. The lowest BCUT2D eigenvalue weighted by Gasteiger charge is -2.03. The second-order valence-electron chi connectivity index (χ2n) is 3.31. The molecular formula is C11H21BrO3. The molecule has 0 amide bonds. The molecule has 0 aromatic rings. The van der Waals surface area contributed by atoms with Crippen LogP contribution in [0.25, 0.3) is 0 Å². The Labute approximate surface area is 101 Å². The maximum Gasteiger partial charge on any atom is 0.332 e. The minimum Gasteiger partial charge on any atom is -0.464 e. The summed E-state index contributed by atoms with van der Waals surface area (Å²) in [5.74, 6) is -0.267. The molecule has 0 bridgehead atoms. The van der Waals surface area contributed by atoms with Crippen LogP contribution in [0.15, 0.2) is 0 Å². The third-order valence-corrected chi connectivity index (χ3v) is 2.51. The average molecular weight is 281 g/mol. The molecule has 3 nitrogen and oxygen atoms in total. The van der Waals surface area contributed by atoms with Gasteiger partial charge in [-0.2, -0.15) is 0 Å². The van der Waals surface area contributed by atoms with Crippen LogP contribution in [0.4, 0.5) is 0 Å². The van der Waals surface area contributed by atoms with Gasteiger partial charge in [0.2, 0.25) is 0 Å². The summed E-state index contributed by atoms with van der Waals surface area (Å²) in [6, 6.07) is 0. The van der Waals surface area contributed by atoms with Crippen molar-refractivity contribution >= 4 is 21.9 Å².